The molecule has 0 spiro atoms. The van der Waals surface area contributed by atoms with Gasteiger partial charge in [0.05, 0.1) is 5.41 Å². The van der Waals surface area contributed by atoms with Gasteiger partial charge in [-0.3, -0.25) is 19.2 Å². The second kappa shape index (κ2) is 16.2. The molecular weight excluding hydrogens is 502 g/mol. The smallest absolute Gasteiger partial charge is 0.323 e. The Morgan fingerprint density at radius 1 is 0.872 bits per heavy atom. The maximum Gasteiger partial charge on any atom is 0.323 e. The lowest BCUT2D eigenvalue weighted by Crippen LogP contribution is -2.37. The van der Waals surface area contributed by atoms with Crippen molar-refractivity contribution in [1.29, 1.82) is 0 Å². The number of hydrogen-bond donors (Lipinski definition) is 1. The van der Waals surface area contributed by atoms with Gasteiger partial charge in [0.1, 0.15) is 18.8 Å². The van der Waals surface area contributed by atoms with Gasteiger partial charge in [-0.05, 0) is 76.0 Å². The van der Waals surface area contributed by atoms with Crippen molar-refractivity contribution in [3.63, 3.8) is 0 Å². The molecule has 39 heavy (non-hydrogen) atoms. The van der Waals surface area contributed by atoms with Gasteiger partial charge in [0.15, 0.2) is 11.5 Å². The second-order valence-corrected chi connectivity index (χ2v) is 11.5. The highest BCUT2D eigenvalue weighted by molar-refractivity contribution is 5.78. The molecule has 0 heterocycles. The van der Waals surface area contributed by atoms with Gasteiger partial charge in [0, 0.05) is 12.8 Å². The van der Waals surface area contributed by atoms with Crippen molar-refractivity contribution in [2.24, 2.45) is 23.0 Å². The maximum atomic E-state index is 12.5. The van der Waals surface area contributed by atoms with E-state index in [1.165, 1.54) is 6.07 Å². The summed E-state index contributed by atoms with van der Waals surface area (Å²) in [6.07, 6.45) is 1.87. The molecule has 9 nitrogen and oxygen atoms in total. The van der Waals surface area contributed by atoms with Crippen molar-refractivity contribution in [1.82, 2.24) is 0 Å². The first kappa shape index (κ1) is 34.1. The normalized spacial score (nSPS) is 13.1. The molecule has 0 aliphatic carbocycles. The molecule has 0 saturated heterocycles. The molecule has 9 heteroatoms. The molecule has 2 N–H and O–H groups in total. The lowest BCUT2D eigenvalue weighted by molar-refractivity contribution is -0.166. The Morgan fingerprint density at radius 2 is 1.41 bits per heavy atom. The number of hydrogen-bond acceptors (Lipinski definition) is 9. The number of benzene rings is 1. The van der Waals surface area contributed by atoms with E-state index in [1.54, 1.807) is 32.9 Å². The maximum absolute atomic E-state index is 12.5. The fraction of sp³-hybridized carbons (Fsp3) is 0.667. The standard InChI is InChI=1S/C30H47NO8/c1-9-30(7,8)29(35)37-21(6)18-36-28(34)23(31)16-22-12-13-24(38-26(32)14-10-19(2)3)25(17-22)39-27(33)15-11-20(4)5/h12-13,17,19-21,23H,9-11,14-16,18,31H2,1-8H3/t21-,23-/m0/s1. The average molecular weight is 550 g/mol. The molecule has 0 bridgehead atoms. The Balaban J connectivity index is 2.87. The van der Waals surface area contributed by atoms with Crippen LogP contribution < -0.4 is 15.2 Å². The van der Waals surface area contributed by atoms with Crippen molar-refractivity contribution in [2.45, 2.75) is 106 Å². The Hall–Kier alpha value is -2.94. The Bertz CT molecular complexity index is 970. The largest absolute Gasteiger partial charge is 0.461 e. The van der Waals surface area contributed by atoms with Gasteiger partial charge >= 0.3 is 23.9 Å². The van der Waals surface area contributed by atoms with Gasteiger partial charge in [-0.1, -0.05) is 40.7 Å². The number of nitrogens with two attached hydrogens (primary N) is 1. The molecule has 0 unspecified atom stereocenters. The van der Waals surface area contributed by atoms with E-state index < -0.39 is 35.5 Å². The van der Waals surface area contributed by atoms with Crippen LogP contribution in [0, 0.1) is 17.3 Å². The molecule has 0 saturated carbocycles. The highest BCUT2D eigenvalue weighted by atomic mass is 16.6. The fourth-order valence-electron chi connectivity index (χ4n) is 3.17. The Morgan fingerprint density at radius 3 is 1.92 bits per heavy atom. The summed E-state index contributed by atoms with van der Waals surface area (Å²) in [5.74, 6) is -0.998. The number of ether oxygens (including phenoxy) is 4. The predicted molar refractivity (Wildman–Crippen MR) is 148 cm³/mol. The second-order valence-electron chi connectivity index (χ2n) is 11.5. The predicted octanol–water partition coefficient (Wildman–Crippen LogP) is 5.15. The van der Waals surface area contributed by atoms with Gasteiger partial charge < -0.3 is 24.7 Å². The van der Waals surface area contributed by atoms with Crippen molar-refractivity contribution >= 4 is 23.9 Å². The molecule has 0 radical (unpaired) electrons. The Kier molecular flexibility index (Phi) is 14.2. The summed E-state index contributed by atoms with van der Waals surface area (Å²) in [5, 5.41) is 0. The minimum absolute atomic E-state index is 0.0913. The monoisotopic (exact) mass is 549 g/mol. The molecule has 220 valence electrons. The average Bonchev–Trinajstić information content (AvgIpc) is 2.86. The summed E-state index contributed by atoms with van der Waals surface area (Å²) >= 11 is 0. The van der Waals surface area contributed by atoms with Crippen LogP contribution in [0.5, 0.6) is 11.5 Å². The van der Waals surface area contributed by atoms with E-state index in [-0.39, 0.29) is 43.3 Å². The van der Waals surface area contributed by atoms with Crippen LogP contribution in [0.25, 0.3) is 0 Å². The lowest BCUT2D eigenvalue weighted by Gasteiger charge is -2.23. The molecule has 1 aromatic carbocycles. The third kappa shape index (κ3) is 13.1. The molecule has 0 aliphatic rings. The fourth-order valence-corrected chi connectivity index (χ4v) is 3.17. The van der Waals surface area contributed by atoms with Crippen LogP contribution in [0.3, 0.4) is 0 Å². The zero-order valence-electron chi connectivity index (χ0n) is 24.8. The van der Waals surface area contributed by atoms with Gasteiger partial charge in [0.25, 0.3) is 0 Å². The quantitative estimate of drug-likeness (QED) is 0.220. The molecule has 0 aromatic heterocycles. The van der Waals surface area contributed by atoms with Gasteiger partial charge in [-0.15, -0.1) is 0 Å². The van der Waals surface area contributed by atoms with E-state index in [1.807, 2.05) is 34.6 Å². The molecule has 0 aliphatic heterocycles. The number of carbonyl (C=O) groups excluding carboxylic acids is 4. The zero-order valence-corrected chi connectivity index (χ0v) is 24.8. The van der Waals surface area contributed by atoms with Gasteiger partial charge in [-0.25, -0.2) is 0 Å². The van der Waals surface area contributed by atoms with Crippen LogP contribution in [0.2, 0.25) is 0 Å². The zero-order chi connectivity index (χ0) is 29.8. The minimum Gasteiger partial charge on any atom is -0.461 e. The first-order valence-corrected chi connectivity index (χ1v) is 13.8. The lowest BCUT2D eigenvalue weighted by atomic mass is 9.91. The minimum atomic E-state index is -1.01. The van der Waals surface area contributed by atoms with E-state index >= 15 is 0 Å². The van der Waals surface area contributed by atoms with E-state index in [0.29, 0.717) is 36.7 Å². The third-order valence-corrected chi connectivity index (χ3v) is 6.27. The topological polar surface area (TPSA) is 131 Å². The van der Waals surface area contributed by atoms with Crippen LogP contribution >= 0.6 is 0 Å². The first-order valence-electron chi connectivity index (χ1n) is 13.8. The van der Waals surface area contributed by atoms with E-state index in [0.717, 1.165) is 0 Å². The summed E-state index contributed by atoms with van der Waals surface area (Å²) in [6, 6.07) is 3.72. The molecule has 2 atom stereocenters. The van der Waals surface area contributed by atoms with Crippen LogP contribution in [-0.4, -0.2) is 42.6 Å². The number of carbonyl (C=O) groups is 4. The highest BCUT2D eigenvalue weighted by Gasteiger charge is 2.29. The molecule has 1 aromatic rings. The van der Waals surface area contributed by atoms with Crippen LogP contribution in [0.15, 0.2) is 18.2 Å². The Labute approximate surface area is 233 Å². The summed E-state index contributed by atoms with van der Waals surface area (Å²) < 4.78 is 21.6. The van der Waals surface area contributed by atoms with E-state index in [2.05, 4.69) is 0 Å². The number of rotatable bonds is 16. The van der Waals surface area contributed by atoms with Crippen LogP contribution in [0.1, 0.15) is 93.1 Å². The summed E-state index contributed by atoms with van der Waals surface area (Å²) in [5.41, 5.74) is 6.04. The van der Waals surface area contributed by atoms with E-state index in [9.17, 15) is 19.2 Å². The first-order chi connectivity index (χ1) is 18.1. The molecule has 0 amide bonds. The summed E-state index contributed by atoms with van der Waals surface area (Å²) in [4.78, 5) is 49.4. The van der Waals surface area contributed by atoms with Crippen molar-refractivity contribution in [2.75, 3.05) is 6.61 Å². The summed E-state index contributed by atoms with van der Waals surface area (Å²) in [7, 11) is 0. The molecular formula is C30H47NO8. The van der Waals surface area contributed by atoms with Gasteiger partial charge in [-0.2, -0.15) is 0 Å². The van der Waals surface area contributed by atoms with Crippen LogP contribution in [0.4, 0.5) is 0 Å². The number of esters is 4. The highest BCUT2D eigenvalue weighted by Crippen LogP contribution is 2.30. The van der Waals surface area contributed by atoms with Crippen LogP contribution in [-0.2, 0) is 35.1 Å². The molecule has 1 rings (SSSR count). The van der Waals surface area contributed by atoms with Crippen molar-refractivity contribution in [3.05, 3.63) is 23.8 Å². The van der Waals surface area contributed by atoms with E-state index in [4.69, 9.17) is 24.7 Å². The third-order valence-electron chi connectivity index (χ3n) is 6.27. The van der Waals surface area contributed by atoms with Crippen molar-refractivity contribution in [3.8, 4) is 11.5 Å². The SMILES string of the molecule is CCC(C)(C)C(=O)O[C@@H](C)COC(=O)[C@@H](N)Cc1ccc(OC(=O)CCC(C)C)c(OC(=O)CCC(C)C)c1. The molecule has 0 fully saturated rings. The van der Waals surface area contributed by atoms with Crippen molar-refractivity contribution < 1.29 is 38.1 Å². The summed E-state index contributed by atoms with van der Waals surface area (Å²) in [6.45, 7) is 15.0. The van der Waals surface area contributed by atoms with Gasteiger partial charge in [0.2, 0.25) is 0 Å².